The molecule has 3 atom stereocenters. The first-order valence-corrected chi connectivity index (χ1v) is 13.8. The third-order valence-corrected chi connectivity index (χ3v) is 7.96. The highest BCUT2D eigenvalue weighted by Gasteiger charge is 2.51. The molecule has 2 amide bonds. The minimum Gasteiger partial charge on any atom is -0.449 e. The maximum atomic E-state index is 12.4. The summed E-state index contributed by atoms with van der Waals surface area (Å²) in [7, 11) is -1.90. The monoisotopic (exact) mass is 391 g/mol. The van der Waals surface area contributed by atoms with Gasteiger partial charge in [0.25, 0.3) is 0 Å². The molecule has 1 heterocycles. The van der Waals surface area contributed by atoms with Crippen LogP contribution < -0.4 is 4.72 Å². The van der Waals surface area contributed by atoms with E-state index in [0.717, 1.165) is 10.3 Å². The van der Waals surface area contributed by atoms with Gasteiger partial charge in [0.05, 0.1) is 12.6 Å². The van der Waals surface area contributed by atoms with Crippen LogP contribution in [0.1, 0.15) is 19.3 Å². The molecule has 0 aromatic heterocycles. The second kappa shape index (κ2) is 7.24. The van der Waals surface area contributed by atoms with Crippen molar-refractivity contribution in [1.29, 1.82) is 0 Å². The van der Waals surface area contributed by atoms with Crippen LogP contribution >= 0.6 is 0 Å². The molecule has 2 fully saturated rings. The molecule has 1 aliphatic heterocycles. The van der Waals surface area contributed by atoms with Gasteiger partial charge in [-0.2, -0.15) is 17.4 Å². The summed E-state index contributed by atoms with van der Waals surface area (Å²) in [6, 6.07) is -0.124. The van der Waals surface area contributed by atoms with Gasteiger partial charge in [0.15, 0.2) is 0 Å². The van der Waals surface area contributed by atoms with E-state index >= 15 is 0 Å². The molecule has 1 aliphatic carbocycles. The summed E-state index contributed by atoms with van der Waals surface area (Å²) in [4.78, 5) is 26.0. The number of hydrogen-bond acceptors (Lipinski definition) is 5. The van der Waals surface area contributed by atoms with Crippen LogP contribution in [0, 0.1) is 5.92 Å². The highest BCUT2D eigenvalue weighted by Crippen LogP contribution is 2.35. The average Bonchev–Trinajstić information content (AvgIpc) is 2.73. The summed E-state index contributed by atoms with van der Waals surface area (Å²) >= 11 is 0. The van der Waals surface area contributed by atoms with Crippen LogP contribution in [0.15, 0.2) is 0 Å². The SMILES string of the molecule is CN(C)C(=O)[C@H]1CC[C@H]2C(C1)NS(=O)(=O)N2C(=O)OCC[Si](C)(C)C. The fourth-order valence-electron chi connectivity index (χ4n) is 3.32. The largest absolute Gasteiger partial charge is 0.449 e. The van der Waals surface area contributed by atoms with Gasteiger partial charge in [-0.3, -0.25) is 4.79 Å². The summed E-state index contributed by atoms with van der Waals surface area (Å²) < 4.78 is 33.3. The van der Waals surface area contributed by atoms with Crippen molar-refractivity contribution in [2.75, 3.05) is 20.7 Å². The van der Waals surface area contributed by atoms with Gasteiger partial charge < -0.3 is 9.64 Å². The Bertz CT molecular complexity index is 632. The van der Waals surface area contributed by atoms with Crippen LogP contribution in [0.25, 0.3) is 0 Å². The number of fused-ring (bicyclic) bond motifs is 1. The summed E-state index contributed by atoms with van der Waals surface area (Å²) in [6.07, 6.45) is 0.619. The van der Waals surface area contributed by atoms with Crippen LogP contribution in [0.2, 0.25) is 25.7 Å². The standard InChI is InChI=1S/C15H29N3O5SSi/c1-17(2)14(19)11-6-7-13-12(10-11)16-24(21,22)18(13)15(20)23-8-9-25(3,4)5/h11-13,16H,6-10H2,1-5H3/t11-,12?,13-/m0/s1. The predicted molar refractivity (Wildman–Crippen MR) is 97.0 cm³/mol. The molecule has 1 unspecified atom stereocenters. The number of amides is 2. The summed E-state index contributed by atoms with van der Waals surface area (Å²) in [6.45, 7) is 6.72. The van der Waals surface area contributed by atoms with Crippen LogP contribution in [-0.2, 0) is 19.7 Å². The van der Waals surface area contributed by atoms with Gasteiger partial charge in [-0.1, -0.05) is 19.6 Å². The van der Waals surface area contributed by atoms with Crippen molar-refractivity contribution in [2.24, 2.45) is 5.92 Å². The Morgan fingerprint density at radius 1 is 1.24 bits per heavy atom. The van der Waals surface area contributed by atoms with E-state index in [9.17, 15) is 18.0 Å². The first-order chi connectivity index (χ1) is 11.4. The zero-order valence-electron chi connectivity index (χ0n) is 15.6. The molecule has 1 saturated heterocycles. The molecule has 0 radical (unpaired) electrons. The lowest BCUT2D eigenvalue weighted by molar-refractivity contribution is -0.134. The topological polar surface area (TPSA) is 96.0 Å². The normalized spacial score (nSPS) is 28.4. The van der Waals surface area contributed by atoms with E-state index in [-0.39, 0.29) is 18.4 Å². The average molecular weight is 392 g/mol. The van der Waals surface area contributed by atoms with Gasteiger partial charge in [0.2, 0.25) is 5.91 Å². The minimum atomic E-state index is -3.91. The molecular weight excluding hydrogens is 362 g/mol. The molecule has 0 bridgehead atoms. The van der Waals surface area contributed by atoms with E-state index in [1.807, 2.05) is 0 Å². The van der Waals surface area contributed by atoms with Gasteiger partial charge in [-0.25, -0.2) is 4.79 Å². The number of hydrogen-bond donors (Lipinski definition) is 1. The maximum absolute atomic E-state index is 12.4. The minimum absolute atomic E-state index is 0.00573. The lowest BCUT2D eigenvalue weighted by Gasteiger charge is -2.33. The van der Waals surface area contributed by atoms with Crippen molar-refractivity contribution in [3.05, 3.63) is 0 Å². The first-order valence-electron chi connectivity index (χ1n) is 8.62. The van der Waals surface area contributed by atoms with Gasteiger partial charge in [-0.15, -0.1) is 0 Å². The number of nitrogens with zero attached hydrogens (tertiary/aromatic N) is 2. The fourth-order valence-corrected chi connectivity index (χ4v) is 5.64. The highest BCUT2D eigenvalue weighted by atomic mass is 32.2. The second-order valence-electron chi connectivity index (χ2n) is 8.26. The van der Waals surface area contributed by atoms with E-state index in [1.165, 1.54) is 4.90 Å². The summed E-state index contributed by atoms with van der Waals surface area (Å²) in [5, 5.41) is 0. The molecule has 2 rings (SSSR count). The molecule has 1 N–H and O–H groups in total. The van der Waals surface area contributed by atoms with E-state index in [0.29, 0.717) is 19.3 Å². The van der Waals surface area contributed by atoms with Crippen molar-refractivity contribution in [2.45, 2.75) is 57.0 Å². The predicted octanol–water partition coefficient (Wildman–Crippen LogP) is 1.24. The van der Waals surface area contributed by atoms with Crippen molar-refractivity contribution in [3.63, 3.8) is 0 Å². The zero-order chi connectivity index (χ0) is 19.0. The Kier molecular flexibility index (Phi) is 5.84. The second-order valence-corrected chi connectivity index (χ2v) is 15.5. The summed E-state index contributed by atoms with van der Waals surface area (Å²) in [5.41, 5.74) is 0. The van der Waals surface area contributed by atoms with E-state index in [4.69, 9.17) is 4.74 Å². The Balaban J connectivity index is 2.04. The molecule has 1 saturated carbocycles. The van der Waals surface area contributed by atoms with Crippen molar-refractivity contribution < 1.29 is 22.7 Å². The van der Waals surface area contributed by atoms with Gasteiger partial charge in [0.1, 0.15) is 0 Å². The van der Waals surface area contributed by atoms with Crippen molar-refractivity contribution in [1.82, 2.24) is 13.9 Å². The van der Waals surface area contributed by atoms with E-state index in [2.05, 4.69) is 24.4 Å². The van der Waals surface area contributed by atoms with Crippen molar-refractivity contribution >= 4 is 30.3 Å². The zero-order valence-corrected chi connectivity index (χ0v) is 17.4. The fraction of sp³-hybridized carbons (Fsp3) is 0.867. The quantitative estimate of drug-likeness (QED) is 0.727. The number of carbonyl (C=O) groups is 2. The highest BCUT2D eigenvalue weighted by molar-refractivity contribution is 7.88. The van der Waals surface area contributed by atoms with Gasteiger partial charge >= 0.3 is 16.3 Å². The molecule has 144 valence electrons. The Labute approximate surface area is 151 Å². The van der Waals surface area contributed by atoms with Crippen LogP contribution in [0.4, 0.5) is 4.79 Å². The van der Waals surface area contributed by atoms with Gasteiger partial charge in [-0.05, 0) is 25.3 Å². The van der Waals surface area contributed by atoms with Crippen LogP contribution in [-0.4, -0.2) is 70.5 Å². The Morgan fingerprint density at radius 3 is 2.44 bits per heavy atom. The molecule has 2 aliphatic rings. The molecule has 0 aromatic rings. The maximum Gasteiger partial charge on any atom is 0.424 e. The number of nitrogens with one attached hydrogen (secondary N) is 1. The van der Waals surface area contributed by atoms with E-state index < -0.39 is 36.5 Å². The lowest BCUT2D eigenvalue weighted by atomic mass is 9.82. The lowest BCUT2D eigenvalue weighted by Crippen LogP contribution is -2.46. The molecule has 0 spiro atoms. The molecule has 0 aromatic carbocycles. The molecule has 8 nitrogen and oxygen atoms in total. The number of rotatable bonds is 4. The third kappa shape index (κ3) is 4.73. The van der Waals surface area contributed by atoms with Crippen molar-refractivity contribution in [3.8, 4) is 0 Å². The van der Waals surface area contributed by atoms with Crippen LogP contribution in [0.5, 0.6) is 0 Å². The molecule has 10 heteroatoms. The first kappa shape index (κ1) is 20.2. The molecular formula is C15H29N3O5SSi. The van der Waals surface area contributed by atoms with Crippen LogP contribution in [0.3, 0.4) is 0 Å². The molecule has 25 heavy (non-hydrogen) atoms. The Morgan fingerprint density at radius 2 is 1.88 bits per heavy atom. The number of carbonyl (C=O) groups excluding carboxylic acids is 2. The Hall–Kier alpha value is -1.13. The van der Waals surface area contributed by atoms with Gasteiger partial charge in [0, 0.05) is 34.1 Å². The third-order valence-electron chi connectivity index (χ3n) is 4.72. The van der Waals surface area contributed by atoms with E-state index in [1.54, 1.807) is 14.1 Å². The summed E-state index contributed by atoms with van der Waals surface area (Å²) in [5.74, 6) is -0.226. The smallest absolute Gasteiger partial charge is 0.424 e. The number of ether oxygens (including phenoxy) is 1.